The van der Waals surface area contributed by atoms with Crippen LogP contribution in [-0.2, 0) is 4.43 Å². The molecule has 0 radical (unpaired) electrons. The van der Waals surface area contributed by atoms with Crippen LogP contribution in [0.25, 0.3) is 0 Å². The van der Waals surface area contributed by atoms with E-state index in [4.69, 9.17) is 4.43 Å². The summed E-state index contributed by atoms with van der Waals surface area (Å²) in [5, 5.41) is 0. The zero-order chi connectivity index (χ0) is 12.3. The fraction of sp³-hybridized carbons (Fsp3) is 1.00. The Morgan fingerprint density at radius 2 is 1.31 bits per heavy atom. The quantitative estimate of drug-likeness (QED) is 0.394. The summed E-state index contributed by atoms with van der Waals surface area (Å²) in [6.07, 6.45) is 13.2. The Balaban J connectivity index is 3.89. The molecule has 0 aromatic heterocycles. The Kier molecular flexibility index (Phi) is 10.5. The fourth-order valence-corrected chi connectivity index (χ4v) is 3.26. The van der Waals surface area contributed by atoms with Gasteiger partial charge < -0.3 is 4.43 Å². The van der Waals surface area contributed by atoms with Crippen LogP contribution in [-0.4, -0.2) is 16.1 Å². The lowest BCUT2D eigenvalue weighted by Crippen LogP contribution is -2.31. The zero-order valence-corrected chi connectivity index (χ0v) is 14.0. The van der Waals surface area contributed by atoms with E-state index in [9.17, 15) is 0 Å². The Morgan fingerprint density at radius 1 is 0.750 bits per heavy atom. The molecule has 0 aromatic rings. The lowest BCUT2D eigenvalue weighted by atomic mass is 9.87. The van der Waals surface area contributed by atoms with Crippen LogP contribution in [0.2, 0.25) is 0 Å². The van der Waals surface area contributed by atoms with Crippen molar-refractivity contribution in [3.05, 3.63) is 0 Å². The van der Waals surface area contributed by atoms with Crippen LogP contribution >= 0.6 is 0 Å². The van der Waals surface area contributed by atoms with Crippen molar-refractivity contribution in [1.29, 1.82) is 0 Å². The maximum absolute atomic E-state index is 5.96. The molecule has 1 nitrogen and oxygen atoms in total. The molecule has 0 saturated carbocycles. The minimum Gasteiger partial charge on any atom is -0.422 e. The maximum Gasteiger partial charge on any atom is 0.146 e. The van der Waals surface area contributed by atoms with Gasteiger partial charge in [-0.05, 0) is 19.3 Å². The second kappa shape index (κ2) is 10.3. The SMILES string of the molecule is CCCCCCCC(CCC)(CCC)O[SiH3]. The summed E-state index contributed by atoms with van der Waals surface area (Å²) in [6.45, 7) is 6.84. The van der Waals surface area contributed by atoms with E-state index in [-0.39, 0.29) is 5.60 Å². The van der Waals surface area contributed by atoms with Crippen LogP contribution in [0.5, 0.6) is 0 Å². The van der Waals surface area contributed by atoms with Gasteiger partial charge in [0.25, 0.3) is 0 Å². The topological polar surface area (TPSA) is 9.23 Å². The van der Waals surface area contributed by atoms with Gasteiger partial charge in [-0.3, -0.25) is 0 Å². The molecule has 0 aliphatic carbocycles. The number of rotatable bonds is 11. The van der Waals surface area contributed by atoms with Crippen LogP contribution in [0.15, 0.2) is 0 Å². The first-order valence-corrected chi connectivity index (χ1v) is 8.11. The summed E-state index contributed by atoms with van der Waals surface area (Å²) in [7, 11) is 0.894. The van der Waals surface area contributed by atoms with Crippen molar-refractivity contribution in [1.82, 2.24) is 0 Å². The van der Waals surface area contributed by atoms with E-state index in [1.807, 2.05) is 0 Å². The average Bonchev–Trinajstić information content (AvgIpc) is 2.29. The van der Waals surface area contributed by atoms with Crippen LogP contribution in [0.1, 0.15) is 85.0 Å². The fourth-order valence-electron chi connectivity index (χ4n) is 2.64. The van der Waals surface area contributed by atoms with Gasteiger partial charge in [0.05, 0.1) is 5.60 Å². The van der Waals surface area contributed by atoms with E-state index >= 15 is 0 Å². The minimum atomic E-state index is 0.252. The predicted molar refractivity (Wildman–Crippen MR) is 76.9 cm³/mol. The standard InChI is InChI=1S/C14H32OSi/c1-4-7-8-9-10-13-14(15-16,11-5-2)12-6-3/h4-13H2,1-3,16H3. The Hall–Kier alpha value is 0.177. The molecule has 0 aromatic carbocycles. The summed E-state index contributed by atoms with van der Waals surface area (Å²) in [5.41, 5.74) is 0.252. The third-order valence-electron chi connectivity index (χ3n) is 3.58. The molecule has 0 saturated heterocycles. The van der Waals surface area contributed by atoms with Crippen LogP contribution in [0.4, 0.5) is 0 Å². The third kappa shape index (κ3) is 6.69. The van der Waals surface area contributed by atoms with E-state index in [2.05, 4.69) is 20.8 Å². The summed E-state index contributed by atoms with van der Waals surface area (Å²) in [5.74, 6) is 0. The molecular weight excluding hydrogens is 212 g/mol. The van der Waals surface area contributed by atoms with Gasteiger partial charge in [-0.1, -0.05) is 65.7 Å². The molecule has 0 fully saturated rings. The van der Waals surface area contributed by atoms with E-state index in [0.717, 1.165) is 10.5 Å². The first kappa shape index (κ1) is 16.2. The molecule has 2 heteroatoms. The Morgan fingerprint density at radius 3 is 1.75 bits per heavy atom. The van der Waals surface area contributed by atoms with Gasteiger partial charge >= 0.3 is 0 Å². The zero-order valence-electron chi connectivity index (χ0n) is 12.0. The predicted octanol–water partition coefficient (Wildman–Crippen LogP) is 3.98. The van der Waals surface area contributed by atoms with Crippen molar-refractivity contribution in [3.8, 4) is 0 Å². The maximum atomic E-state index is 5.96. The monoisotopic (exact) mass is 244 g/mol. The van der Waals surface area contributed by atoms with Crippen LogP contribution < -0.4 is 0 Å². The van der Waals surface area contributed by atoms with Crippen molar-refractivity contribution >= 4 is 10.5 Å². The van der Waals surface area contributed by atoms with Crippen molar-refractivity contribution in [2.24, 2.45) is 0 Å². The number of hydrogen-bond acceptors (Lipinski definition) is 1. The first-order chi connectivity index (χ1) is 7.74. The van der Waals surface area contributed by atoms with Gasteiger partial charge in [0.15, 0.2) is 0 Å². The molecule has 98 valence electrons. The van der Waals surface area contributed by atoms with Crippen molar-refractivity contribution in [2.45, 2.75) is 90.6 Å². The molecule has 0 heterocycles. The summed E-state index contributed by atoms with van der Waals surface area (Å²) in [4.78, 5) is 0. The molecule has 0 N–H and O–H groups in total. The highest BCUT2D eigenvalue weighted by Crippen LogP contribution is 2.29. The van der Waals surface area contributed by atoms with E-state index in [1.54, 1.807) is 0 Å². The second-order valence-corrected chi connectivity index (χ2v) is 5.46. The van der Waals surface area contributed by atoms with Crippen LogP contribution in [0, 0.1) is 0 Å². The van der Waals surface area contributed by atoms with Gasteiger partial charge in [-0.15, -0.1) is 0 Å². The van der Waals surface area contributed by atoms with E-state index < -0.39 is 0 Å². The van der Waals surface area contributed by atoms with E-state index in [1.165, 1.54) is 64.2 Å². The molecule has 0 atom stereocenters. The Labute approximate surface area is 106 Å². The molecule has 0 aliphatic heterocycles. The lowest BCUT2D eigenvalue weighted by Gasteiger charge is -2.33. The highest BCUT2D eigenvalue weighted by molar-refractivity contribution is 5.98. The molecule has 16 heavy (non-hydrogen) atoms. The minimum absolute atomic E-state index is 0.252. The van der Waals surface area contributed by atoms with Crippen molar-refractivity contribution in [3.63, 3.8) is 0 Å². The summed E-state index contributed by atoms with van der Waals surface area (Å²) in [6, 6.07) is 0. The van der Waals surface area contributed by atoms with Crippen molar-refractivity contribution < 1.29 is 4.43 Å². The molecule has 0 rings (SSSR count). The van der Waals surface area contributed by atoms with Gasteiger partial charge in [0.1, 0.15) is 10.5 Å². The number of hydrogen-bond donors (Lipinski definition) is 0. The highest BCUT2D eigenvalue weighted by atomic mass is 28.2. The molecule has 0 spiro atoms. The third-order valence-corrected chi connectivity index (χ3v) is 4.45. The highest BCUT2D eigenvalue weighted by Gasteiger charge is 2.26. The number of unbranched alkanes of at least 4 members (excludes halogenated alkanes) is 4. The normalized spacial score (nSPS) is 12.2. The van der Waals surface area contributed by atoms with E-state index in [0.29, 0.717) is 0 Å². The molecular formula is C14H32OSi. The smallest absolute Gasteiger partial charge is 0.146 e. The second-order valence-electron chi connectivity index (χ2n) is 5.05. The summed E-state index contributed by atoms with van der Waals surface area (Å²) >= 11 is 0. The molecule has 0 aliphatic rings. The summed E-state index contributed by atoms with van der Waals surface area (Å²) < 4.78 is 5.96. The van der Waals surface area contributed by atoms with Crippen molar-refractivity contribution in [2.75, 3.05) is 0 Å². The van der Waals surface area contributed by atoms with Gasteiger partial charge in [-0.2, -0.15) is 0 Å². The lowest BCUT2D eigenvalue weighted by molar-refractivity contribution is 0.0464. The van der Waals surface area contributed by atoms with Gasteiger partial charge in [-0.25, -0.2) is 0 Å². The molecule has 0 amide bonds. The molecule has 0 bridgehead atoms. The van der Waals surface area contributed by atoms with Crippen LogP contribution in [0.3, 0.4) is 0 Å². The largest absolute Gasteiger partial charge is 0.422 e. The first-order valence-electron chi connectivity index (χ1n) is 7.29. The van der Waals surface area contributed by atoms with Gasteiger partial charge in [0.2, 0.25) is 0 Å². The van der Waals surface area contributed by atoms with Gasteiger partial charge in [0, 0.05) is 0 Å². The Bertz CT molecular complexity index is 142. The molecule has 0 unspecified atom stereocenters. The average molecular weight is 244 g/mol.